The van der Waals surface area contributed by atoms with Gasteiger partial charge in [-0.1, -0.05) is 12.1 Å². The summed E-state index contributed by atoms with van der Waals surface area (Å²) in [7, 11) is 0. The molecule has 2 aromatic rings. The highest BCUT2D eigenvalue weighted by Gasteiger charge is 2.22. The highest BCUT2D eigenvalue weighted by Crippen LogP contribution is 2.23. The van der Waals surface area contributed by atoms with Gasteiger partial charge in [0.2, 0.25) is 0 Å². The summed E-state index contributed by atoms with van der Waals surface area (Å²) in [6.07, 6.45) is 0. The summed E-state index contributed by atoms with van der Waals surface area (Å²) in [6.45, 7) is 0. The van der Waals surface area contributed by atoms with Gasteiger partial charge < -0.3 is 14.9 Å². The molecule has 0 fully saturated rings. The fourth-order valence-corrected chi connectivity index (χ4v) is 1.92. The fraction of sp³-hybridized carbons (Fsp3) is 0. The topological polar surface area (TPSA) is 144 Å². The molecule has 0 saturated carbocycles. The number of nitro benzene ring substituents is 1. The average Bonchev–Trinajstić information content (AvgIpc) is 2.54. The number of esters is 1. The van der Waals surface area contributed by atoms with Gasteiger partial charge in [0.1, 0.15) is 11.3 Å². The van der Waals surface area contributed by atoms with E-state index in [2.05, 4.69) is 0 Å². The maximum atomic E-state index is 12.0. The molecule has 0 aromatic heterocycles. The summed E-state index contributed by atoms with van der Waals surface area (Å²) < 4.78 is 4.92. The van der Waals surface area contributed by atoms with Gasteiger partial charge in [-0.05, 0) is 24.3 Å². The second kappa shape index (κ2) is 6.57. The lowest BCUT2D eigenvalue weighted by Crippen LogP contribution is -2.13. The molecule has 2 aromatic carbocycles. The molecular weight excluding hydrogens is 322 g/mol. The Labute approximate surface area is 133 Å². The molecule has 24 heavy (non-hydrogen) atoms. The Morgan fingerprint density at radius 1 is 0.917 bits per heavy atom. The molecule has 0 aliphatic carbocycles. The Bertz CT molecular complexity index is 858. The summed E-state index contributed by atoms with van der Waals surface area (Å²) in [5.74, 6) is -4.29. The number of carbonyl (C=O) groups excluding carboxylic acids is 1. The number of aromatic carboxylic acids is 2. The molecule has 0 spiro atoms. The minimum Gasteiger partial charge on any atom is -0.478 e. The van der Waals surface area contributed by atoms with Gasteiger partial charge in [0.25, 0.3) is 5.69 Å². The van der Waals surface area contributed by atoms with E-state index in [0.29, 0.717) is 0 Å². The number of benzene rings is 2. The van der Waals surface area contributed by atoms with Crippen molar-refractivity contribution in [2.75, 3.05) is 0 Å². The van der Waals surface area contributed by atoms with Crippen molar-refractivity contribution in [3.8, 4) is 5.75 Å². The Morgan fingerprint density at radius 3 is 2.12 bits per heavy atom. The van der Waals surface area contributed by atoms with E-state index in [1.54, 1.807) is 0 Å². The lowest BCUT2D eigenvalue weighted by Gasteiger charge is -2.07. The van der Waals surface area contributed by atoms with Gasteiger partial charge in [-0.2, -0.15) is 0 Å². The summed E-state index contributed by atoms with van der Waals surface area (Å²) in [5.41, 5.74) is -1.84. The number of rotatable bonds is 5. The number of nitrogens with zero attached hydrogens (tertiary/aromatic N) is 1. The van der Waals surface area contributed by atoms with Crippen molar-refractivity contribution in [1.29, 1.82) is 0 Å². The van der Waals surface area contributed by atoms with Gasteiger partial charge in [-0.3, -0.25) is 10.1 Å². The summed E-state index contributed by atoms with van der Waals surface area (Å²) in [4.78, 5) is 44.2. The van der Waals surface area contributed by atoms with Crippen molar-refractivity contribution in [2.45, 2.75) is 0 Å². The van der Waals surface area contributed by atoms with Crippen molar-refractivity contribution < 1.29 is 34.3 Å². The van der Waals surface area contributed by atoms with Crippen LogP contribution in [0, 0.1) is 10.1 Å². The van der Waals surface area contributed by atoms with E-state index in [1.807, 2.05) is 0 Å². The molecule has 0 bridgehead atoms. The molecule has 122 valence electrons. The smallest absolute Gasteiger partial charge is 0.350 e. The van der Waals surface area contributed by atoms with E-state index in [1.165, 1.54) is 18.2 Å². The molecule has 2 N–H and O–H groups in total. The first-order valence-corrected chi connectivity index (χ1v) is 6.37. The number of carboxylic acids is 2. The van der Waals surface area contributed by atoms with Crippen LogP contribution in [-0.4, -0.2) is 33.0 Å². The van der Waals surface area contributed by atoms with Crippen LogP contribution in [0.4, 0.5) is 5.69 Å². The van der Waals surface area contributed by atoms with Gasteiger partial charge in [-0.15, -0.1) is 0 Å². The molecule has 0 saturated heterocycles. The van der Waals surface area contributed by atoms with E-state index in [-0.39, 0.29) is 11.3 Å². The van der Waals surface area contributed by atoms with Crippen LogP contribution in [0.25, 0.3) is 0 Å². The zero-order valence-corrected chi connectivity index (χ0v) is 11.8. The number of ether oxygens (including phenoxy) is 1. The first kappa shape index (κ1) is 16.6. The SMILES string of the molecule is O=C(O)c1ccc(OC(=O)c2ccccc2[N+](=O)[O-])cc1C(=O)O. The van der Waals surface area contributed by atoms with Crippen molar-refractivity contribution in [3.05, 3.63) is 69.3 Å². The lowest BCUT2D eigenvalue weighted by molar-refractivity contribution is -0.385. The Kier molecular flexibility index (Phi) is 4.55. The van der Waals surface area contributed by atoms with Crippen LogP contribution in [0.2, 0.25) is 0 Å². The second-order valence-electron chi connectivity index (χ2n) is 4.48. The number of nitro groups is 1. The van der Waals surface area contributed by atoms with E-state index in [0.717, 1.165) is 24.3 Å². The Balaban J connectivity index is 2.37. The summed E-state index contributed by atoms with van der Waals surface area (Å²) in [6, 6.07) is 7.99. The lowest BCUT2D eigenvalue weighted by atomic mass is 10.1. The van der Waals surface area contributed by atoms with Gasteiger partial charge in [0.05, 0.1) is 16.1 Å². The van der Waals surface area contributed by atoms with Crippen LogP contribution >= 0.6 is 0 Å². The summed E-state index contributed by atoms with van der Waals surface area (Å²) in [5, 5.41) is 28.8. The van der Waals surface area contributed by atoms with E-state index >= 15 is 0 Å². The van der Waals surface area contributed by atoms with Gasteiger partial charge in [0, 0.05) is 6.07 Å². The molecule has 0 atom stereocenters. The minimum atomic E-state index is -1.52. The molecule has 9 heteroatoms. The zero-order valence-electron chi connectivity index (χ0n) is 11.8. The molecule has 0 unspecified atom stereocenters. The van der Waals surface area contributed by atoms with Crippen LogP contribution in [0.5, 0.6) is 5.75 Å². The first-order valence-electron chi connectivity index (χ1n) is 6.37. The Morgan fingerprint density at radius 2 is 1.54 bits per heavy atom. The molecule has 0 aliphatic heterocycles. The number of para-hydroxylation sites is 1. The number of carboxylic acid groups (broad SMARTS) is 2. The third kappa shape index (κ3) is 3.35. The Hall–Kier alpha value is -3.75. The molecular formula is C15H9NO8. The van der Waals surface area contributed by atoms with Crippen LogP contribution in [-0.2, 0) is 0 Å². The molecule has 0 heterocycles. The van der Waals surface area contributed by atoms with Crippen LogP contribution in [0.3, 0.4) is 0 Å². The highest BCUT2D eigenvalue weighted by molar-refractivity contribution is 6.02. The van der Waals surface area contributed by atoms with Gasteiger partial charge in [0.15, 0.2) is 0 Å². The number of carbonyl (C=O) groups is 3. The molecule has 9 nitrogen and oxygen atoms in total. The van der Waals surface area contributed by atoms with Crippen molar-refractivity contribution in [1.82, 2.24) is 0 Å². The second-order valence-corrected chi connectivity index (χ2v) is 4.48. The zero-order chi connectivity index (χ0) is 17.9. The number of hydrogen-bond donors (Lipinski definition) is 2. The van der Waals surface area contributed by atoms with Crippen molar-refractivity contribution in [3.63, 3.8) is 0 Å². The molecule has 0 aliphatic rings. The highest BCUT2D eigenvalue weighted by atomic mass is 16.6. The van der Waals surface area contributed by atoms with E-state index in [9.17, 15) is 24.5 Å². The van der Waals surface area contributed by atoms with Crippen LogP contribution in [0.15, 0.2) is 42.5 Å². The largest absolute Gasteiger partial charge is 0.478 e. The molecule has 0 amide bonds. The maximum Gasteiger partial charge on any atom is 0.350 e. The standard InChI is InChI=1S/C15H9NO8/c17-13(18)9-6-5-8(7-11(9)14(19)20)24-15(21)10-3-1-2-4-12(10)16(22)23/h1-7H,(H,17,18)(H,19,20). The van der Waals surface area contributed by atoms with E-state index < -0.39 is 39.6 Å². The average molecular weight is 331 g/mol. The molecule has 0 radical (unpaired) electrons. The van der Waals surface area contributed by atoms with Gasteiger partial charge >= 0.3 is 17.9 Å². The number of hydrogen-bond acceptors (Lipinski definition) is 6. The van der Waals surface area contributed by atoms with Crippen molar-refractivity contribution in [2.24, 2.45) is 0 Å². The maximum absolute atomic E-state index is 12.0. The van der Waals surface area contributed by atoms with Gasteiger partial charge in [-0.25, -0.2) is 14.4 Å². The van der Waals surface area contributed by atoms with Crippen LogP contribution in [0.1, 0.15) is 31.1 Å². The first-order chi connectivity index (χ1) is 11.3. The predicted molar refractivity (Wildman–Crippen MR) is 78.4 cm³/mol. The third-order valence-electron chi connectivity index (χ3n) is 2.98. The predicted octanol–water partition coefficient (Wildman–Crippen LogP) is 2.21. The fourth-order valence-electron chi connectivity index (χ4n) is 1.92. The summed E-state index contributed by atoms with van der Waals surface area (Å²) >= 11 is 0. The normalized spacial score (nSPS) is 10.0. The van der Waals surface area contributed by atoms with Crippen molar-refractivity contribution >= 4 is 23.6 Å². The van der Waals surface area contributed by atoms with E-state index in [4.69, 9.17) is 14.9 Å². The monoisotopic (exact) mass is 331 g/mol. The third-order valence-corrected chi connectivity index (χ3v) is 2.98. The minimum absolute atomic E-state index is 0.249. The quantitative estimate of drug-likeness (QED) is 0.367. The molecule has 2 rings (SSSR count). The van der Waals surface area contributed by atoms with Crippen LogP contribution < -0.4 is 4.74 Å².